The van der Waals surface area contributed by atoms with Crippen molar-refractivity contribution in [1.82, 2.24) is 15.0 Å². The maximum atomic E-state index is 9.64. The summed E-state index contributed by atoms with van der Waals surface area (Å²) in [7, 11) is 0. The molecule has 4 aromatic rings. The summed E-state index contributed by atoms with van der Waals surface area (Å²) in [6.07, 6.45) is 3.38. The summed E-state index contributed by atoms with van der Waals surface area (Å²) < 4.78 is 0. The number of benzene rings is 2. The van der Waals surface area contributed by atoms with Gasteiger partial charge in [-0.2, -0.15) is 0 Å². The van der Waals surface area contributed by atoms with Gasteiger partial charge in [0.25, 0.3) is 0 Å². The van der Waals surface area contributed by atoms with Crippen LogP contribution < -0.4 is 5.32 Å². The first kappa shape index (κ1) is 14.9. The molecule has 0 aliphatic heterocycles. The van der Waals surface area contributed by atoms with Crippen LogP contribution in [0.5, 0.6) is 11.5 Å². The topological polar surface area (TPSA) is 91.2 Å². The third-order valence-corrected chi connectivity index (χ3v) is 3.74. The van der Waals surface area contributed by atoms with Crippen molar-refractivity contribution in [3.05, 3.63) is 67.0 Å². The van der Waals surface area contributed by atoms with Crippen LogP contribution in [0.4, 0.5) is 11.6 Å². The highest BCUT2D eigenvalue weighted by atomic mass is 16.3. The third kappa shape index (κ3) is 3.18. The molecule has 0 fully saturated rings. The lowest BCUT2D eigenvalue weighted by atomic mass is 10.1. The van der Waals surface area contributed by atoms with E-state index in [1.165, 1.54) is 0 Å². The predicted molar refractivity (Wildman–Crippen MR) is 95.8 cm³/mol. The molecule has 122 valence electrons. The number of pyridine rings is 1. The molecule has 6 nitrogen and oxygen atoms in total. The van der Waals surface area contributed by atoms with Gasteiger partial charge in [0.05, 0.1) is 11.7 Å². The minimum Gasteiger partial charge on any atom is -0.508 e. The van der Waals surface area contributed by atoms with Gasteiger partial charge in [-0.05, 0) is 48.0 Å². The fourth-order valence-electron chi connectivity index (χ4n) is 2.50. The Morgan fingerprint density at radius 1 is 0.720 bits per heavy atom. The van der Waals surface area contributed by atoms with E-state index in [-0.39, 0.29) is 11.5 Å². The van der Waals surface area contributed by atoms with E-state index >= 15 is 0 Å². The van der Waals surface area contributed by atoms with Crippen LogP contribution >= 0.6 is 0 Å². The summed E-state index contributed by atoms with van der Waals surface area (Å²) in [5, 5.41) is 22.1. The largest absolute Gasteiger partial charge is 0.508 e. The fraction of sp³-hybridized carbons (Fsp3) is 0. The average Bonchev–Trinajstić information content (AvgIpc) is 2.63. The van der Waals surface area contributed by atoms with E-state index in [9.17, 15) is 10.2 Å². The number of anilines is 2. The normalized spacial score (nSPS) is 10.7. The van der Waals surface area contributed by atoms with E-state index in [0.717, 1.165) is 16.8 Å². The summed E-state index contributed by atoms with van der Waals surface area (Å²) in [6, 6.07) is 15.6. The smallest absolute Gasteiger partial charge is 0.227 e. The highest BCUT2D eigenvalue weighted by Crippen LogP contribution is 2.25. The Hall–Kier alpha value is -3.67. The Balaban J connectivity index is 1.70. The van der Waals surface area contributed by atoms with E-state index < -0.39 is 0 Å². The van der Waals surface area contributed by atoms with Gasteiger partial charge in [0, 0.05) is 17.4 Å². The Bertz CT molecular complexity index is 1050. The standard InChI is InChI=1S/C19H14N4O2/c24-15-6-4-14(5-7-15)22-19-21-11-18-17(23-19)9-13(10-20-18)12-2-1-3-16(25)8-12/h1-11,24-25H,(H,21,22,23). The Morgan fingerprint density at radius 2 is 1.56 bits per heavy atom. The highest BCUT2D eigenvalue weighted by Gasteiger charge is 2.05. The van der Waals surface area contributed by atoms with Crippen molar-refractivity contribution in [2.24, 2.45) is 0 Å². The lowest BCUT2D eigenvalue weighted by molar-refractivity contribution is 0.475. The number of phenols is 2. The van der Waals surface area contributed by atoms with Crippen LogP contribution in [-0.2, 0) is 0 Å². The molecule has 0 aliphatic rings. The molecule has 6 heteroatoms. The number of hydrogen-bond donors (Lipinski definition) is 3. The number of fused-ring (bicyclic) bond motifs is 1. The number of rotatable bonds is 3. The quantitative estimate of drug-likeness (QED) is 0.494. The van der Waals surface area contributed by atoms with E-state index in [2.05, 4.69) is 20.3 Å². The summed E-state index contributed by atoms with van der Waals surface area (Å²) in [6.45, 7) is 0. The molecule has 0 saturated heterocycles. The zero-order chi connectivity index (χ0) is 17.2. The minimum atomic E-state index is 0.199. The maximum absolute atomic E-state index is 9.64. The van der Waals surface area contributed by atoms with E-state index in [4.69, 9.17) is 0 Å². The number of aromatic hydroxyl groups is 2. The molecule has 25 heavy (non-hydrogen) atoms. The van der Waals surface area contributed by atoms with E-state index in [1.54, 1.807) is 54.9 Å². The van der Waals surface area contributed by atoms with Crippen LogP contribution in [0.3, 0.4) is 0 Å². The Labute approximate surface area is 143 Å². The number of hydrogen-bond acceptors (Lipinski definition) is 6. The molecule has 4 rings (SSSR count). The van der Waals surface area contributed by atoms with Crippen molar-refractivity contribution < 1.29 is 10.2 Å². The monoisotopic (exact) mass is 330 g/mol. The lowest BCUT2D eigenvalue weighted by Gasteiger charge is -2.07. The van der Waals surface area contributed by atoms with Gasteiger partial charge in [-0.15, -0.1) is 0 Å². The van der Waals surface area contributed by atoms with Gasteiger partial charge in [-0.25, -0.2) is 9.97 Å². The average molecular weight is 330 g/mol. The van der Waals surface area contributed by atoms with Crippen LogP contribution in [0.15, 0.2) is 67.0 Å². The van der Waals surface area contributed by atoms with Crippen molar-refractivity contribution in [3.63, 3.8) is 0 Å². The molecule has 3 N–H and O–H groups in total. The second-order valence-electron chi connectivity index (χ2n) is 5.54. The van der Waals surface area contributed by atoms with Crippen LogP contribution in [-0.4, -0.2) is 25.2 Å². The molecule has 0 atom stereocenters. The zero-order valence-electron chi connectivity index (χ0n) is 13.1. The maximum Gasteiger partial charge on any atom is 0.227 e. The summed E-state index contributed by atoms with van der Waals surface area (Å²) in [5.41, 5.74) is 3.87. The molecular formula is C19H14N4O2. The molecule has 2 aromatic carbocycles. The van der Waals surface area contributed by atoms with Crippen molar-refractivity contribution >= 4 is 22.7 Å². The van der Waals surface area contributed by atoms with Gasteiger partial charge in [0.1, 0.15) is 17.0 Å². The fourth-order valence-corrected chi connectivity index (χ4v) is 2.50. The second kappa shape index (κ2) is 6.09. The molecule has 0 spiro atoms. The van der Waals surface area contributed by atoms with Gasteiger partial charge in [-0.3, -0.25) is 4.98 Å². The van der Waals surface area contributed by atoms with E-state index in [1.807, 2.05) is 12.1 Å². The molecule has 0 amide bonds. The highest BCUT2D eigenvalue weighted by molar-refractivity contribution is 5.81. The van der Waals surface area contributed by atoms with Gasteiger partial charge < -0.3 is 15.5 Å². The zero-order valence-corrected chi connectivity index (χ0v) is 13.1. The van der Waals surface area contributed by atoms with Gasteiger partial charge in [0.2, 0.25) is 5.95 Å². The number of phenolic OH excluding ortho intramolecular Hbond substituents is 2. The van der Waals surface area contributed by atoms with Gasteiger partial charge in [0.15, 0.2) is 0 Å². The van der Waals surface area contributed by atoms with Gasteiger partial charge >= 0.3 is 0 Å². The van der Waals surface area contributed by atoms with Gasteiger partial charge in [-0.1, -0.05) is 12.1 Å². The first-order valence-corrected chi connectivity index (χ1v) is 7.66. The first-order chi connectivity index (χ1) is 12.2. The molecule has 2 aromatic heterocycles. The van der Waals surface area contributed by atoms with Crippen LogP contribution in [0, 0.1) is 0 Å². The molecule has 0 radical (unpaired) electrons. The minimum absolute atomic E-state index is 0.199. The van der Waals surface area contributed by atoms with Crippen LogP contribution in [0.25, 0.3) is 22.2 Å². The Morgan fingerprint density at radius 3 is 2.36 bits per heavy atom. The molecule has 0 aliphatic carbocycles. The Kier molecular flexibility index (Phi) is 3.63. The summed E-state index contributed by atoms with van der Waals surface area (Å²) in [4.78, 5) is 13.1. The molecule has 0 bridgehead atoms. The molecule has 2 heterocycles. The molecule has 0 unspecified atom stereocenters. The third-order valence-electron chi connectivity index (χ3n) is 3.74. The SMILES string of the molecule is Oc1ccc(Nc2ncc3ncc(-c4cccc(O)c4)cc3n2)cc1. The first-order valence-electron chi connectivity index (χ1n) is 7.66. The van der Waals surface area contributed by atoms with E-state index in [0.29, 0.717) is 17.0 Å². The number of nitrogens with one attached hydrogen (secondary N) is 1. The summed E-state index contributed by atoms with van der Waals surface area (Å²) in [5.74, 6) is 0.841. The molecular weight excluding hydrogens is 316 g/mol. The van der Waals surface area contributed by atoms with Crippen molar-refractivity contribution in [2.75, 3.05) is 5.32 Å². The second-order valence-corrected chi connectivity index (χ2v) is 5.54. The van der Waals surface area contributed by atoms with Crippen molar-refractivity contribution in [2.45, 2.75) is 0 Å². The lowest BCUT2D eigenvalue weighted by Crippen LogP contribution is -1.97. The van der Waals surface area contributed by atoms with Crippen molar-refractivity contribution in [1.29, 1.82) is 0 Å². The van der Waals surface area contributed by atoms with Crippen LogP contribution in [0.2, 0.25) is 0 Å². The summed E-state index contributed by atoms with van der Waals surface area (Å²) >= 11 is 0. The van der Waals surface area contributed by atoms with Crippen molar-refractivity contribution in [3.8, 4) is 22.6 Å². The number of nitrogens with zero attached hydrogens (tertiary/aromatic N) is 3. The van der Waals surface area contributed by atoms with Crippen LogP contribution in [0.1, 0.15) is 0 Å². The number of aromatic nitrogens is 3. The molecule has 0 saturated carbocycles. The predicted octanol–water partition coefficient (Wildman–Crippen LogP) is 3.85.